The number of benzene rings is 2. The number of halogens is 1. The predicted molar refractivity (Wildman–Crippen MR) is 117 cm³/mol. The third-order valence-electron chi connectivity index (χ3n) is 5.03. The van der Waals surface area contributed by atoms with E-state index < -0.39 is 11.1 Å². The third kappa shape index (κ3) is 5.35. The molecule has 2 saturated heterocycles. The summed E-state index contributed by atoms with van der Waals surface area (Å²) in [5, 5.41) is -0.456. The first-order chi connectivity index (χ1) is 15.5. The van der Waals surface area contributed by atoms with Gasteiger partial charge < -0.3 is 14.4 Å². The molecule has 2 fully saturated rings. The Labute approximate surface area is 188 Å². The maximum atomic E-state index is 13.0. The monoisotopic (exact) mass is 456 g/mol. The predicted octanol–water partition coefficient (Wildman–Crippen LogP) is 3.30. The van der Waals surface area contributed by atoms with Crippen molar-refractivity contribution in [3.05, 3.63) is 70.4 Å². The molecule has 2 aromatic rings. The molecule has 32 heavy (non-hydrogen) atoms. The Bertz CT molecular complexity index is 1030. The SMILES string of the molecule is O=C(CN1C(=O)S/C(=C\c2ccc(OCc3ccc(F)cc3)cc2)C1=O)N1CCOCC1. The number of nitrogens with zero attached hydrogens (tertiary/aromatic N) is 2. The van der Waals surface area contributed by atoms with E-state index in [4.69, 9.17) is 9.47 Å². The number of imide groups is 1. The number of hydrogen-bond donors (Lipinski definition) is 0. The third-order valence-corrected chi connectivity index (χ3v) is 5.93. The molecule has 0 aromatic heterocycles. The summed E-state index contributed by atoms with van der Waals surface area (Å²) in [4.78, 5) is 40.2. The average Bonchev–Trinajstić information content (AvgIpc) is 3.07. The van der Waals surface area contributed by atoms with Gasteiger partial charge in [-0.15, -0.1) is 0 Å². The van der Waals surface area contributed by atoms with Crippen LogP contribution in [-0.2, 0) is 20.9 Å². The summed E-state index contributed by atoms with van der Waals surface area (Å²) in [5.74, 6) is -0.415. The summed E-state index contributed by atoms with van der Waals surface area (Å²) in [6.45, 7) is 1.86. The molecule has 0 spiro atoms. The van der Waals surface area contributed by atoms with Gasteiger partial charge in [-0.1, -0.05) is 24.3 Å². The minimum Gasteiger partial charge on any atom is -0.489 e. The summed E-state index contributed by atoms with van der Waals surface area (Å²) in [6.07, 6.45) is 1.62. The molecule has 2 aliphatic heterocycles. The van der Waals surface area contributed by atoms with Gasteiger partial charge >= 0.3 is 0 Å². The molecule has 3 amide bonds. The average molecular weight is 456 g/mol. The zero-order chi connectivity index (χ0) is 22.5. The fraction of sp³-hybridized carbons (Fsp3) is 0.261. The van der Waals surface area contributed by atoms with Crippen molar-refractivity contribution in [3.63, 3.8) is 0 Å². The highest BCUT2D eigenvalue weighted by Gasteiger charge is 2.37. The molecule has 0 aliphatic carbocycles. The Kier molecular flexibility index (Phi) is 6.87. The molecule has 0 saturated carbocycles. The van der Waals surface area contributed by atoms with Gasteiger partial charge in [-0.25, -0.2) is 4.39 Å². The van der Waals surface area contributed by atoms with Crippen LogP contribution in [0, 0.1) is 5.82 Å². The maximum absolute atomic E-state index is 13.0. The Morgan fingerprint density at radius 2 is 1.75 bits per heavy atom. The van der Waals surface area contributed by atoms with Crippen molar-refractivity contribution >= 4 is 34.9 Å². The van der Waals surface area contributed by atoms with E-state index in [0.717, 1.165) is 27.8 Å². The van der Waals surface area contributed by atoms with Crippen molar-refractivity contribution < 1.29 is 28.2 Å². The Morgan fingerprint density at radius 3 is 2.44 bits per heavy atom. The van der Waals surface area contributed by atoms with Crippen molar-refractivity contribution in [2.24, 2.45) is 0 Å². The lowest BCUT2D eigenvalue weighted by atomic mass is 10.2. The first-order valence-electron chi connectivity index (χ1n) is 10.1. The van der Waals surface area contributed by atoms with Crippen molar-refractivity contribution in [2.45, 2.75) is 6.61 Å². The van der Waals surface area contributed by atoms with E-state index in [-0.39, 0.29) is 23.2 Å². The van der Waals surface area contributed by atoms with Crippen LogP contribution in [0.2, 0.25) is 0 Å². The molecular weight excluding hydrogens is 435 g/mol. The van der Waals surface area contributed by atoms with Gasteiger partial charge in [0.25, 0.3) is 11.1 Å². The zero-order valence-electron chi connectivity index (χ0n) is 17.2. The van der Waals surface area contributed by atoms with Gasteiger partial charge in [0.05, 0.1) is 18.1 Å². The Hall–Kier alpha value is -3.17. The molecule has 7 nitrogen and oxygen atoms in total. The van der Waals surface area contributed by atoms with Crippen molar-refractivity contribution in [1.82, 2.24) is 9.80 Å². The smallest absolute Gasteiger partial charge is 0.294 e. The first kappa shape index (κ1) is 22.0. The van der Waals surface area contributed by atoms with E-state index in [1.807, 2.05) is 0 Å². The number of carbonyl (C=O) groups excluding carboxylic acids is 3. The molecule has 0 unspecified atom stereocenters. The second-order valence-electron chi connectivity index (χ2n) is 7.25. The quantitative estimate of drug-likeness (QED) is 0.621. The number of amides is 3. The van der Waals surface area contributed by atoms with Gasteiger partial charge in [0.2, 0.25) is 5.91 Å². The molecule has 9 heteroatoms. The normalized spacial score (nSPS) is 17.8. The zero-order valence-corrected chi connectivity index (χ0v) is 18.0. The van der Waals surface area contributed by atoms with Gasteiger partial charge in [0.15, 0.2) is 0 Å². The lowest BCUT2D eigenvalue weighted by Crippen LogP contribution is -2.46. The van der Waals surface area contributed by atoms with E-state index in [1.165, 1.54) is 12.1 Å². The van der Waals surface area contributed by atoms with Crippen LogP contribution in [0.5, 0.6) is 5.75 Å². The number of hydrogen-bond acceptors (Lipinski definition) is 6. The van der Waals surface area contributed by atoms with E-state index in [2.05, 4.69) is 0 Å². The van der Waals surface area contributed by atoms with Crippen molar-refractivity contribution in [3.8, 4) is 5.75 Å². The summed E-state index contributed by atoms with van der Waals surface area (Å²) < 4.78 is 23.9. The van der Waals surface area contributed by atoms with Crippen molar-refractivity contribution in [1.29, 1.82) is 0 Å². The number of thioether (sulfide) groups is 1. The molecule has 2 aliphatic rings. The summed E-state index contributed by atoms with van der Waals surface area (Å²) in [7, 11) is 0. The van der Waals surface area contributed by atoms with Gasteiger partial charge in [-0.2, -0.15) is 0 Å². The standard InChI is InChI=1S/C23H21FN2O5S/c24-18-5-1-17(2-6-18)15-31-19-7-3-16(4-8-19)13-20-22(28)26(23(29)32-20)14-21(27)25-9-11-30-12-10-25/h1-8,13H,9-12,14-15H2/b20-13-. The Morgan fingerprint density at radius 1 is 1.06 bits per heavy atom. The van der Waals surface area contributed by atoms with Crippen LogP contribution in [0.1, 0.15) is 11.1 Å². The molecular formula is C23H21FN2O5S. The van der Waals surface area contributed by atoms with Crippen LogP contribution < -0.4 is 4.74 Å². The second-order valence-corrected chi connectivity index (χ2v) is 8.24. The number of rotatable bonds is 6. The number of morpholine rings is 1. The van der Waals surface area contributed by atoms with E-state index in [1.54, 1.807) is 47.4 Å². The number of ether oxygens (including phenoxy) is 2. The van der Waals surface area contributed by atoms with Crippen LogP contribution in [0.3, 0.4) is 0 Å². The fourth-order valence-electron chi connectivity index (χ4n) is 3.24. The van der Waals surface area contributed by atoms with Gasteiger partial charge in [0.1, 0.15) is 24.7 Å². The van der Waals surface area contributed by atoms with Gasteiger partial charge in [0, 0.05) is 13.1 Å². The molecule has 0 atom stereocenters. The highest BCUT2D eigenvalue weighted by molar-refractivity contribution is 8.18. The first-order valence-corrected chi connectivity index (χ1v) is 10.9. The highest BCUT2D eigenvalue weighted by Crippen LogP contribution is 2.32. The molecule has 0 N–H and O–H groups in total. The van der Waals surface area contributed by atoms with Crippen molar-refractivity contribution in [2.75, 3.05) is 32.8 Å². The molecule has 4 rings (SSSR count). The van der Waals surface area contributed by atoms with Gasteiger partial charge in [-0.05, 0) is 53.2 Å². The van der Waals surface area contributed by atoms with Crippen LogP contribution in [0.4, 0.5) is 9.18 Å². The number of carbonyl (C=O) groups is 3. The van der Waals surface area contributed by atoms with Crippen LogP contribution in [-0.4, -0.2) is 59.7 Å². The highest BCUT2D eigenvalue weighted by atomic mass is 32.2. The lowest BCUT2D eigenvalue weighted by Gasteiger charge is -2.28. The summed E-state index contributed by atoms with van der Waals surface area (Å²) in [6, 6.07) is 13.1. The molecule has 0 bridgehead atoms. The minimum absolute atomic E-state index is 0.264. The van der Waals surface area contributed by atoms with E-state index >= 15 is 0 Å². The topological polar surface area (TPSA) is 76.2 Å². The van der Waals surface area contributed by atoms with Gasteiger partial charge in [-0.3, -0.25) is 19.3 Å². The summed E-state index contributed by atoms with van der Waals surface area (Å²) in [5.41, 5.74) is 1.57. The molecule has 0 radical (unpaired) electrons. The largest absolute Gasteiger partial charge is 0.489 e. The molecule has 166 valence electrons. The molecule has 2 heterocycles. The second kappa shape index (κ2) is 9.97. The van der Waals surface area contributed by atoms with Crippen LogP contribution in [0.15, 0.2) is 53.4 Å². The Balaban J connectivity index is 1.35. The van der Waals surface area contributed by atoms with E-state index in [0.29, 0.717) is 38.7 Å². The molecule has 2 aromatic carbocycles. The minimum atomic E-state index is -0.474. The summed E-state index contributed by atoms with van der Waals surface area (Å²) >= 11 is 0.819. The van der Waals surface area contributed by atoms with E-state index in [9.17, 15) is 18.8 Å². The van der Waals surface area contributed by atoms with Crippen LogP contribution >= 0.6 is 11.8 Å². The lowest BCUT2D eigenvalue weighted by molar-refractivity contribution is -0.139. The van der Waals surface area contributed by atoms with Crippen LogP contribution in [0.25, 0.3) is 6.08 Å². The maximum Gasteiger partial charge on any atom is 0.294 e. The fourth-order valence-corrected chi connectivity index (χ4v) is 4.08.